The molecule has 0 aromatic rings. The van der Waals surface area contributed by atoms with E-state index in [2.05, 4.69) is 30.2 Å². The first kappa shape index (κ1) is 13.9. The van der Waals surface area contributed by atoms with Gasteiger partial charge in [-0.1, -0.05) is 24.6 Å². The van der Waals surface area contributed by atoms with Crippen molar-refractivity contribution in [3.8, 4) is 0 Å². The summed E-state index contributed by atoms with van der Waals surface area (Å²) in [5, 5.41) is 8.63. The number of hydrogen-bond donors (Lipinski definition) is 2. The van der Waals surface area contributed by atoms with Crippen molar-refractivity contribution in [1.82, 2.24) is 4.90 Å². The van der Waals surface area contributed by atoms with Crippen LogP contribution in [0.3, 0.4) is 0 Å². The largest absolute Gasteiger partial charge is 0.480 e. The molecular weight excluding hydrogens is 216 g/mol. The molecule has 1 aliphatic rings. The quantitative estimate of drug-likeness (QED) is 0.627. The summed E-state index contributed by atoms with van der Waals surface area (Å²) < 4.78 is 0. The van der Waals surface area contributed by atoms with E-state index >= 15 is 0 Å². The fourth-order valence-electron chi connectivity index (χ4n) is 1.88. The van der Waals surface area contributed by atoms with E-state index in [0.29, 0.717) is 6.42 Å². The molecule has 0 spiro atoms. The third-order valence-corrected chi connectivity index (χ3v) is 2.92. The van der Waals surface area contributed by atoms with Crippen LogP contribution >= 0.6 is 0 Å². The van der Waals surface area contributed by atoms with Gasteiger partial charge in [0.05, 0.1) is 0 Å². The van der Waals surface area contributed by atoms with E-state index in [-0.39, 0.29) is 0 Å². The van der Waals surface area contributed by atoms with Crippen molar-refractivity contribution in [1.29, 1.82) is 0 Å². The summed E-state index contributed by atoms with van der Waals surface area (Å²) >= 11 is 0. The smallest absolute Gasteiger partial charge is 0.320 e. The molecule has 1 atom stereocenters. The molecule has 0 aromatic heterocycles. The van der Waals surface area contributed by atoms with Gasteiger partial charge in [-0.2, -0.15) is 0 Å². The summed E-state index contributed by atoms with van der Waals surface area (Å²) in [5.74, 6) is -0.903. The molecule has 1 aliphatic carbocycles. The first-order valence-electron chi connectivity index (χ1n) is 6.12. The van der Waals surface area contributed by atoms with Crippen molar-refractivity contribution in [2.75, 3.05) is 20.1 Å². The molecule has 1 rings (SSSR count). The molecule has 0 aromatic carbocycles. The lowest BCUT2D eigenvalue weighted by atomic mass is 10.1. The van der Waals surface area contributed by atoms with Crippen molar-refractivity contribution >= 4 is 5.97 Å². The van der Waals surface area contributed by atoms with Crippen LogP contribution in [0.2, 0.25) is 0 Å². The number of carboxylic acid groups (broad SMARTS) is 1. The maximum Gasteiger partial charge on any atom is 0.320 e. The molecule has 3 N–H and O–H groups in total. The van der Waals surface area contributed by atoms with Crippen LogP contribution < -0.4 is 5.73 Å². The first-order chi connectivity index (χ1) is 8.09. The Balaban J connectivity index is 2.06. The topological polar surface area (TPSA) is 66.6 Å². The highest BCUT2D eigenvalue weighted by Crippen LogP contribution is 2.10. The summed E-state index contributed by atoms with van der Waals surface area (Å²) in [6.45, 7) is 1.96. The van der Waals surface area contributed by atoms with Crippen molar-refractivity contribution in [2.45, 2.75) is 31.7 Å². The van der Waals surface area contributed by atoms with E-state index in [9.17, 15) is 4.79 Å². The van der Waals surface area contributed by atoms with Crippen LogP contribution in [-0.2, 0) is 4.79 Å². The molecule has 4 nitrogen and oxygen atoms in total. The minimum Gasteiger partial charge on any atom is -0.480 e. The molecular formula is C13H22N2O2. The monoisotopic (exact) mass is 238 g/mol. The minimum absolute atomic E-state index is 0.561. The Morgan fingerprint density at radius 3 is 2.94 bits per heavy atom. The summed E-state index contributed by atoms with van der Waals surface area (Å²) in [5.41, 5.74) is 6.80. The molecule has 0 fully saturated rings. The molecule has 0 saturated carbocycles. The van der Waals surface area contributed by atoms with E-state index < -0.39 is 12.0 Å². The van der Waals surface area contributed by atoms with E-state index in [1.165, 1.54) is 5.57 Å². The fourth-order valence-corrected chi connectivity index (χ4v) is 1.88. The highest BCUT2D eigenvalue weighted by atomic mass is 16.4. The van der Waals surface area contributed by atoms with Crippen molar-refractivity contribution < 1.29 is 9.90 Å². The number of hydrogen-bond acceptors (Lipinski definition) is 3. The fraction of sp³-hybridized carbons (Fsp3) is 0.615. The number of rotatable bonds is 8. The molecule has 4 heteroatoms. The zero-order valence-corrected chi connectivity index (χ0v) is 10.4. The van der Waals surface area contributed by atoms with E-state index in [0.717, 1.165) is 32.4 Å². The van der Waals surface area contributed by atoms with Gasteiger partial charge in [-0.15, -0.1) is 0 Å². The van der Waals surface area contributed by atoms with Crippen LogP contribution in [0.4, 0.5) is 0 Å². The highest BCUT2D eigenvalue weighted by molar-refractivity contribution is 5.72. The molecule has 0 unspecified atom stereocenters. The third-order valence-electron chi connectivity index (χ3n) is 2.92. The van der Waals surface area contributed by atoms with Crippen molar-refractivity contribution in [3.63, 3.8) is 0 Å². The number of nitrogens with two attached hydrogens (primary N) is 1. The standard InChI is InChI=1S/C13H22N2O2/c1-15(10-11-6-2-3-7-11)9-5-4-8-12(14)13(16)17/h2,6-7,12H,3-5,8-10,14H2,1H3,(H,16,17)/t12-/m0/s1. The van der Waals surface area contributed by atoms with Gasteiger partial charge >= 0.3 is 5.97 Å². The first-order valence-corrected chi connectivity index (χ1v) is 6.12. The Labute approximate surface area is 103 Å². The number of aliphatic carboxylic acids is 1. The third kappa shape index (κ3) is 5.65. The second kappa shape index (κ2) is 7.25. The number of unbranched alkanes of at least 4 members (excludes halogenated alkanes) is 1. The summed E-state index contributed by atoms with van der Waals surface area (Å²) in [4.78, 5) is 12.8. The summed E-state index contributed by atoms with van der Waals surface area (Å²) in [7, 11) is 2.09. The minimum atomic E-state index is -0.903. The number of carboxylic acids is 1. The van der Waals surface area contributed by atoms with Crippen LogP contribution in [0.1, 0.15) is 25.7 Å². The Hall–Kier alpha value is -1.13. The second-order valence-electron chi connectivity index (χ2n) is 4.60. The van der Waals surface area contributed by atoms with Gasteiger partial charge in [-0.3, -0.25) is 4.79 Å². The van der Waals surface area contributed by atoms with Crippen LogP contribution in [0, 0.1) is 0 Å². The van der Waals surface area contributed by atoms with Crippen LogP contribution in [0.25, 0.3) is 0 Å². The predicted molar refractivity (Wildman–Crippen MR) is 68.8 cm³/mol. The lowest BCUT2D eigenvalue weighted by Crippen LogP contribution is -2.30. The van der Waals surface area contributed by atoms with E-state index in [4.69, 9.17) is 10.8 Å². The van der Waals surface area contributed by atoms with Crippen LogP contribution in [0.15, 0.2) is 23.8 Å². The normalized spacial score (nSPS) is 16.3. The second-order valence-corrected chi connectivity index (χ2v) is 4.60. The maximum absolute atomic E-state index is 10.5. The highest BCUT2D eigenvalue weighted by Gasteiger charge is 2.10. The van der Waals surface area contributed by atoms with Gasteiger partial charge < -0.3 is 15.7 Å². The van der Waals surface area contributed by atoms with Gasteiger partial charge in [0.1, 0.15) is 6.04 Å². The average Bonchev–Trinajstić information content (AvgIpc) is 2.76. The zero-order valence-electron chi connectivity index (χ0n) is 10.4. The van der Waals surface area contributed by atoms with Crippen molar-refractivity contribution in [2.24, 2.45) is 5.73 Å². The van der Waals surface area contributed by atoms with Gasteiger partial charge in [0.2, 0.25) is 0 Å². The Morgan fingerprint density at radius 1 is 1.59 bits per heavy atom. The van der Waals surface area contributed by atoms with Crippen molar-refractivity contribution in [3.05, 3.63) is 23.8 Å². The Kier molecular flexibility index (Phi) is 5.94. The number of likely N-dealkylation sites (N-methyl/N-ethyl adjacent to an activating group) is 1. The van der Waals surface area contributed by atoms with Gasteiger partial charge in [0, 0.05) is 6.54 Å². The SMILES string of the molecule is CN(CCCC[C@H](N)C(=O)O)CC1=CCC=C1. The lowest BCUT2D eigenvalue weighted by molar-refractivity contribution is -0.138. The number of nitrogens with zero attached hydrogens (tertiary/aromatic N) is 1. The van der Waals surface area contributed by atoms with E-state index in [1.807, 2.05) is 0 Å². The Bertz CT molecular complexity index is 311. The molecule has 0 aliphatic heterocycles. The molecule has 0 radical (unpaired) electrons. The molecule has 96 valence electrons. The average molecular weight is 238 g/mol. The maximum atomic E-state index is 10.5. The van der Waals surface area contributed by atoms with E-state index in [1.54, 1.807) is 0 Å². The zero-order chi connectivity index (χ0) is 12.7. The van der Waals surface area contributed by atoms with Crippen LogP contribution in [0.5, 0.6) is 0 Å². The van der Waals surface area contributed by atoms with Gasteiger partial charge in [-0.05, 0) is 38.4 Å². The Morgan fingerprint density at radius 2 is 2.35 bits per heavy atom. The van der Waals surface area contributed by atoms with Gasteiger partial charge in [0.25, 0.3) is 0 Å². The van der Waals surface area contributed by atoms with Crippen LogP contribution in [-0.4, -0.2) is 42.2 Å². The molecule has 17 heavy (non-hydrogen) atoms. The summed E-state index contributed by atoms with van der Waals surface area (Å²) in [6.07, 6.45) is 10.0. The molecule has 0 saturated heterocycles. The molecule has 0 amide bonds. The predicted octanol–water partition coefficient (Wildman–Crippen LogP) is 1.39. The molecule has 0 bridgehead atoms. The summed E-state index contributed by atoms with van der Waals surface area (Å²) in [6, 6.07) is -0.708. The number of allylic oxidation sites excluding steroid dienone is 2. The van der Waals surface area contributed by atoms with Gasteiger partial charge in [0.15, 0.2) is 0 Å². The van der Waals surface area contributed by atoms with Gasteiger partial charge in [-0.25, -0.2) is 0 Å². The number of carbonyl (C=O) groups is 1. The lowest BCUT2D eigenvalue weighted by Gasteiger charge is -2.16. The molecule has 0 heterocycles.